The van der Waals surface area contributed by atoms with Gasteiger partial charge >= 0.3 is 11.9 Å². The van der Waals surface area contributed by atoms with Crippen LogP contribution in [0.4, 0.5) is 0 Å². The van der Waals surface area contributed by atoms with Crippen LogP contribution in [0.3, 0.4) is 0 Å². The number of carbonyl (C=O) groups is 2. The second kappa shape index (κ2) is 39.9. The molecule has 0 aromatic heterocycles. The molecule has 0 amide bonds. The van der Waals surface area contributed by atoms with Gasteiger partial charge in [0.1, 0.15) is 226 Å². The first kappa shape index (κ1) is 94.8. The standard InChI is InChI=1S/C61H102O53/c62-3-13(70)41-32(84)30(82)34(86)52(104-41)98-10-17(74)43-37(89)49(108-54-38(90)47(27(79)22(103-54)11-99-51-33(85)28(80)24(76)19(7-66)100-51)110-57-50(31(83)26(78)21(9-68)102-57)111-53-35(87)29(81)25(77)20(8-67)101-53)40(92)56(106-43)109-48-36(88)42(14(71)4-63)105-55(39(48)91)107-46-18(2-60(97,58(93)94)113-45(46)16(73)6-65)112-61(59(95)96)1-12(69)23(75)44(114-61)15(72)5-64/h12-57,62-92,97H,1-11H2,(H,93,94)(H,95,96)/t12-,13+,14+,15-,16-,17+,18-,19-,20-,21-,22-,23-,24+,25-,26-,27-,28+,29+,30+,31+,32+,33-,34+,35-,36-,37-,38-,39+,40+,41-,42-,43-,44-,45-,46-,47+,48+,49+,50-,51+,52+,53-,54-,55-,56-,57-,60-,61-/m1/s1. The maximum absolute atomic E-state index is 13.3. The van der Waals surface area contributed by atoms with Crippen LogP contribution in [0.15, 0.2) is 0 Å². The largest absolute Gasteiger partial charge is 0.477 e. The van der Waals surface area contributed by atoms with Gasteiger partial charge in [-0.1, -0.05) is 0 Å². The first-order valence-corrected chi connectivity index (χ1v) is 35.5. The van der Waals surface area contributed by atoms with Gasteiger partial charge in [-0.25, -0.2) is 9.59 Å². The zero-order valence-corrected chi connectivity index (χ0v) is 59.3. The first-order valence-electron chi connectivity index (χ1n) is 35.5. The third-order valence-corrected chi connectivity index (χ3v) is 20.9. The monoisotopic (exact) mass is 1680 g/mol. The predicted octanol–water partition coefficient (Wildman–Crippen LogP) is -22.9. The SMILES string of the molecule is O=C(O)[C@@]1(O[C@@H]2C[C@](O)(C(=O)O)O[C@H]([C@H](O)CO)[C@@H]2O[C@H]2O[C@H]([C@@H](O)CO)[C@@H](O)[C@H](O[C@H]3O[C@H]([C@@H](O)CO[C@H]4O[C@H]([C@@H](O)CO)[C@@H](O)[C@H](O)[C@@H]4O)[C@@H](O)[C@H](O[C@H]4O[C@H](CO[C@H]5O[C@H](CO)[C@H](O)[C@H](O)[C@H]5O)[C@@H](O)[C@H](O[C@H]5O[C@H](CO)[C@@H](O)[C@H](O)[C@H]5O[C@H]5O[C@H](CO)[C@@H](O)[C@H](O)[C@H]5O)[C@H]4O)[C@@H]3O)[C@@H]2O)C[C@@H](O)[C@@H](O)[C@@H]([C@H](O)CO)O1. The molecule has 0 radical (unpaired) electrons. The van der Waals surface area contributed by atoms with Gasteiger partial charge in [-0.3, -0.25) is 0 Å². The summed E-state index contributed by atoms with van der Waals surface area (Å²) < 4.78 is 96.9. The lowest BCUT2D eigenvalue weighted by Crippen LogP contribution is -2.70. The summed E-state index contributed by atoms with van der Waals surface area (Å²) in [4.78, 5) is 26.0. The third kappa shape index (κ3) is 19.7. The molecule has 0 aliphatic carbocycles. The second-order valence-corrected chi connectivity index (χ2v) is 28.6. The predicted molar refractivity (Wildman–Crippen MR) is 337 cm³/mol. The van der Waals surface area contributed by atoms with Crippen molar-refractivity contribution in [3.05, 3.63) is 0 Å². The maximum Gasteiger partial charge on any atom is 0.364 e. The molecule has 0 aromatic carbocycles. The minimum atomic E-state index is -3.65. The summed E-state index contributed by atoms with van der Waals surface area (Å²) in [5.41, 5.74) is 0. The summed E-state index contributed by atoms with van der Waals surface area (Å²) >= 11 is 0. The molecule has 9 aliphatic rings. The van der Waals surface area contributed by atoms with E-state index >= 15 is 0 Å². The average Bonchev–Trinajstić information content (AvgIpc) is 0.753. The fourth-order valence-corrected chi connectivity index (χ4v) is 14.3. The smallest absolute Gasteiger partial charge is 0.364 e. The Hall–Kier alpha value is -3.02. The minimum absolute atomic E-state index is 1.04. The number of hydrogen-bond donors (Lipinski definition) is 34. The number of aliphatic hydroxyl groups is 32. The van der Waals surface area contributed by atoms with E-state index < -0.39 is 378 Å². The molecule has 0 saturated carbocycles. The molecule has 9 fully saturated rings. The molecular weight excluding hydrogens is 1580 g/mol. The van der Waals surface area contributed by atoms with Crippen molar-refractivity contribution < 1.29 is 264 Å². The molecule has 48 atom stereocenters. The number of carboxylic acids is 2. The summed E-state index contributed by atoms with van der Waals surface area (Å²) in [6.45, 7) is -11.2. The van der Waals surface area contributed by atoms with Gasteiger partial charge in [0.05, 0.1) is 71.7 Å². The number of hydrogen-bond acceptors (Lipinski definition) is 51. The first-order chi connectivity index (χ1) is 53.6. The average molecular weight is 1680 g/mol. The topological polar surface area (TPSA) is 879 Å². The molecule has 9 heterocycles. The van der Waals surface area contributed by atoms with E-state index in [-0.39, 0.29) is 0 Å². The molecule has 9 aliphatic heterocycles. The number of aliphatic hydroxyl groups excluding tert-OH is 31. The third-order valence-electron chi connectivity index (χ3n) is 20.9. The highest BCUT2D eigenvalue weighted by molar-refractivity contribution is 5.77. The molecule has 53 heteroatoms. The highest BCUT2D eigenvalue weighted by atomic mass is 16.8. The Bertz CT molecular complexity index is 2980. The number of aliphatic carboxylic acids is 2. The van der Waals surface area contributed by atoms with Crippen molar-refractivity contribution in [2.75, 3.05) is 59.5 Å². The van der Waals surface area contributed by atoms with E-state index in [1.54, 1.807) is 0 Å². The van der Waals surface area contributed by atoms with Crippen LogP contribution in [0, 0.1) is 0 Å². The quantitative estimate of drug-likeness (QED) is 0.0297. The van der Waals surface area contributed by atoms with E-state index in [2.05, 4.69) is 0 Å². The van der Waals surface area contributed by atoms with Gasteiger partial charge in [-0.2, -0.15) is 0 Å². The Balaban J connectivity index is 1.10. The van der Waals surface area contributed by atoms with Crippen LogP contribution in [0.5, 0.6) is 0 Å². The van der Waals surface area contributed by atoms with E-state index in [1.807, 2.05) is 0 Å². The van der Waals surface area contributed by atoms with Gasteiger partial charge in [0.2, 0.25) is 0 Å². The zero-order chi connectivity index (χ0) is 84.5. The summed E-state index contributed by atoms with van der Waals surface area (Å²) in [5.74, 6) is -11.7. The van der Waals surface area contributed by atoms with Crippen LogP contribution in [0.1, 0.15) is 12.8 Å². The van der Waals surface area contributed by atoms with E-state index in [9.17, 15) is 183 Å². The maximum atomic E-state index is 13.3. The van der Waals surface area contributed by atoms with Crippen molar-refractivity contribution in [3.8, 4) is 0 Å². The summed E-state index contributed by atoms with van der Waals surface area (Å²) in [5, 5.41) is 373. The summed E-state index contributed by atoms with van der Waals surface area (Å²) in [6.07, 6.45) is -112. The van der Waals surface area contributed by atoms with Crippen LogP contribution in [-0.2, 0) is 90.1 Å². The fourth-order valence-electron chi connectivity index (χ4n) is 14.3. The lowest BCUT2D eigenvalue weighted by atomic mass is 9.89. The van der Waals surface area contributed by atoms with Crippen molar-refractivity contribution in [2.45, 2.75) is 307 Å². The van der Waals surface area contributed by atoms with Crippen molar-refractivity contribution in [1.82, 2.24) is 0 Å². The normalized spacial score (nSPS) is 49.9. The van der Waals surface area contributed by atoms with Gasteiger partial charge < -0.3 is 254 Å². The van der Waals surface area contributed by atoms with E-state index in [0.29, 0.717) is 0 Å². The number of ether oxygens (including phenoxy) is 17. The van der Waals surface area contributed by atoms with Gasteiger partial charge in [0.25, 0.3) is 11.6 Å². The second-order valence-electron chi connectivity index (χ2n) is 28.6. The number of carboxylic acid groups (broad SMARTS) is 2. The molecule has 9 rings (SSSR count). The highest BCUT2D eigenvalue weighted by Crippen LogP contribution is 2.44. The molecule has 0 aromatic rings. The summed E-state index contributed by atoms with van der Waals surface area (Å²) in [7, 11) is 0. The Morgan fingerprint density at radius 2 is 0.693 bits per heavy atom. The molecule has 0 bridgehead atoms. The van der Waals surface area contributed by atoms with E-state index in [0.717, 1.165) is 0 Å². The Kier molecular flexibility index (Phi) is 33.2. The zero-order valence-electron chi connectivity index (χ0n) is 59.3. The van der Waals surface area contributed by atoms with Crippen LogP contribution >= 0.6 is 0 Å². The minimum Gasteiger partial charge on any atom is -0.477 e. The molecule has 9 saturated heterocycles. The van der Waals surface area contributed by atoms with Gasteiger partial charge in [-0.05, 0) is 0 Å². The lowest BCUT2D eigenvalue weighted by molar-refractivity contribution is -0.410. The van der Waals surface area contributed by atoms with Gasteiger partial charge in [0.15, 0.2) is 44.0 Å². The van der Waals surface area contributed by atoms with E-state index in [1.165, 1.54) is 0 Å². The van der Waals surface area contributed by atoms with Gasteiger partial charge in [-0.15, -0.1) is 0 Å². The Morgan fingerprint density at radius 1 is 0.325 bits per heavy atom. The highest BCUT2D eigenvalue weighted by Gasteiger charge is 2.65. The molecule has 0 unspecified atom stereocenters. The lowest BCUT2D eigenvalue weighted by Gasteiger charge is -2.52. The Morgan fingerprint density at radius 3 is 1.18 bits per heavy atom. The van der Waals surface area contributed by atoms with Crippen molar-refractivity contribution >= 4 is 11.9 Å². The van der Waals surface area contributed by atoms with Crippen molar-refractivity contribution in [2.24, 2.45) is 0 Å². The van der Waals surface area contributed by atoms with Crippen LogP contribution in [-0.4, -0.2) is 539 Å². The fraction of sp³-hybridized carbons (Fsp3) is 0.967. The molecule has 664 valence electrons. The van der Waals surface area contributed by atoms with Crippen molar-refractivity contribution in [3.63, 3.8) is 0 Å². The molecule has 114 heavy (non-hydrogen) atoms. The van der Waals surface area contributed by atoms with Crippen LogP contribution in [0.25, 0.3) is 0 Å². The van der Waals surface area contributed by atoms with Gasteiger partial charge in [0, 0.05) is 12.8 Å². The summed E-state index contributed by atoms with van der Waals surface area (Å²) in [6, 6.07) is 0. The van der Waals surface area contributed by atoms with Crippen LogP contribution < -0.4 is 0 Å². The molecule has 0 spiro atoms. The van der Waals surface area contributed by atoms with E-state index in [4.69, 9.17) is 80.5 Å². The Labute approximate surface area is 640 Å². The molecule has 53 nitrogen and oxygen atoms in total. The van der Waals surface area contributed by atoms with Crippen molar-refractivity contribution in [1.29, 1.82) is 0 Å². The molecular formula is C61H102O53. The number of rotatable bonds is 32. The molecule has 34 N–H and O–H groups in total. The van der Waals surface area contributed by atoms with Crippen LogP contribution in [0.2, 0.25) is 0 Å².